The smallest absolute Gasteiger partial charge is 0.412 e. The molecule has 3 aromatic rings. The summed E-state index contributed by atoms with van der Waals surface area (Å²) in [5, 5.41) is 13.9. The molecule has 0 aliphatic rings. The summed E-state index contributed by atoms with van der Waals surface area (Å²) in [5.74, 6) is -0.100. The van der Waals surface area contributed by atoms with Crippen LogP contribution in [0.25, 0.3) is 10.8 Å². The number of anilines is 1. The second-order valence-corrected chi connectivity index (χ2v) is 8.05. The minimum atomic E-state index is -0.681. The van der Waals surface area contributed by atoms with Gasteiger partial charge in [-0.05, 0) is 23.9 Å². The number of esters is 1. The fourth-order valence-electron chi connectivity index (χ4n) is 3.63. The number of rotatable bonds is 11. The number of para-hydroxylation sites is 1. The summed E-state index contributed by atoms with van der Waals surface area (Å²) in [5.41, 5.74) is 1.30. The molecule has 34 heavy (non-hydrogen) atoms. The van der Waals surface area contributed by atoms with E-state index in [2.05, 4.69) is 17.9 Å². The number of carbonyl (C=O) groups is 2. The highest BCUT2D eigenvalue weighted by atomic mass is 32.1. The van der Waals surface area contributed by atoms with E-state index in [1.807, 2.05) is 67.6 Å². The summed E-state index contributed by atoms with van der Waals surface area (Å²) in [6, 6.07) is 20.6. The number of nitrogens with one attached hydrogen (secondary N) is 1. The second-order valence-electron chi connectivity index (χ2n) is 7.73. The van der Waals surface area contributed by atoms with E-state index in [1.54, 1.807) is 6.07 Å². The monoisotopic (exact) mass is 483 g/mol. The maximum Gasteiger partial charge on any atom is 0.412 e. The van der Waals surface area contributed by atoms with E-state index in [4.69, 9.17) is 14.2 Å². The molecule has 0 bridgehead atoms. The molecule has 180 valence electrons. The molecule has 3 rings (SSSR count). The molecule has 0 radical (unpaired) electrons. The summed E-state index contributed by atoms with van der Waals surface area (Å²) in [6.45, 7) is 2.05. The van der Waals surface area contributed by atoms with Crippen LogP contribution in [0.3, 0.4) is 0 Å². The van der Waals surface area contributed by atoms with Crippen molar-refractivity contribution in [1.29, 1.82) is 0 Å². The molecule has 0 saturated carbocycles. The van der Waals surface area contributed by atoms with E-state index in [-0.39, 0.29) is 31.5 Å². The van der Waals surface area contributed by atoms with Crippen molar-refractivity contribution in [1.82, 2.24) is 0 Å². The van der Waals surface area contributed by atoms with Crippen LogP contribution >= 0.6 is 12.6 Å². The quantitative estimate of drug-likeness (QED) is 0.263. The predicted molar refractivity (Wildman–Crippen MR) is 134 cm³/mol. The standard InChI is InChI=1S/C26H29NO6S/c1-18(13-15-32-24(29)17-34)25(21-10-4-5-12-23(21)31-16-14-28)33-26(30)27-22-11-6-8-19-7-2-3-9-20(19)22/h2-12,18,25,28,34H,13-17H2,1H3,(H,27,30)/t18-,25+/m0/s1. The van der Waals surface area contributed by atoms with Crippen LogP contribution in [0.15, 0.2) is 66.7 Å². The Labute approximate surface area is 204 Å². The molecular weight excluding hydrogens is 454 g/mol. The summed E-state index contributed by atoms with van der Waals surface area (Å²) in [4.78, 5) is 24.4. The number of fused-ring (bicyclic) bond motifs is 1. The fourth-order valence-corrected chi connectivity index (χ4v) is 3.72. The molecule has 0 unspecified atom stereocenters. The van der Waals surface area contributed by atoms with Gasteiger partial charge in [-0.15, -0.1) is 0 Å². The van der Waals surface area contributed by atoms with Gasteiger partial charge >= 0.3 is 12.1 Å². The molecular formula is C26H29NO6S. The lowest BCUT2D eigenvalue weighted by molar-refractivity contribution is -0.141. The van der Waals surface area contributed by atoms with Crippen LogP contribution in [0.4, 0.5) is 10.5 Å². The molecule has 0 spiro atoms. The van der Waals surface area contributed by atoms with Crippen LogP contribution in [0, 0.1) is 5.92 Å². The topological polar surface area (TPSA) is 94.1 Å². The van der Waals surface area contributed by atoms with Gasteiger partial charge in [0, 0.05) is 16.9 Å². The van der Waals surface area contributed by atoms with Gasteiger partial charge in [0.15, 0.2) is 0 Å². The highest BCUT2D eigenvalue weighted by Crippen LogP contribution is 2.35. The lowest BCUT2D eigenvalue weighted by Crippen LogP contribution is -2.24. The predicted octanol–water partition coefficient (Wildman–Crippen LogP) is 5.00. The van der Waals surface area contributed by atoms with Crippen LogP contribution in [0.1, 0.15) is 25.0 Å². The number of carbonyl (C=O) groups excluding carboxylic acids is 2. The Morgan fingerprint density at radius 2 is 1.74 bits per heavy atom. The molecule has 0 aliphatic heterocycles. The zero-order valence-corrected chi connectivity index (χ0v) is 19.9. The molecule has 0 heterocycles. The Balaban J connectivity index is 1.81. The highest BCUT2D eigenvalue weighted by Gasteiger charge is 2.27. The minimum Gasteiger partial charge on any atom is -0.491 e. The van der Waals surface area contributed by atoms with Crippen LogP contribution in [-0.4, -0.2) is 42.7 Å². The van der Waals surface area contributed by atoms with Crippen molar-refractivity contribution in [2.75, 3.05) is 30.9 Å². The Bertz CT molecular complexity index is 1100. The number of hydrogen-bond donors (Lipinski definition) is 3. The zero-order chi connectivity index (χ0) is 24.3. The van der Waals surface area contributed by atoms with Crippen LogP contribution in [0.5, 0.6) is 5.75 Å². The first kappa shape index (κ1) is 25.4. The van der Waals surface area contributed by atoms with Crippen molar-refractivity contribution in [3.8, 4) is 5.75 Å². The first-order valence-corrected chi connectivity index (χ1v) is 11.7. The molecule has 2 atom stereocenters. The van der Waals surface area contributed by atoms with Crippen LogP contribution < -0.4 is 10.1 Å². The van der Waals surface area contributed by atoms with Crippen molar-refractivity contribution in [2.45, 2.75) is 19.4 Å². The largest absolute Gasteiger partial charge is 0.491 e. The molecule has 8 heteroatoms. The lowest BCUT2D eigenvalue weighted by Gasteiger charge is -2.26. The molecule has 0 fully saturated rings. The Morgan fingerprint density at radius 3 is 2.53 bits per heavy atom. The number of aliphatic hydroxyl groups excluding tert-OH is 1. The summed E-state index contributed by atoms with van der Waals surface area (Å²) in [7, 11) is 0. The number of hydrogen-bond acceptors (Lipinski definition) is 7. The highest BCUT2D eigenvalue weighted by molar-refractivity contribution is 7.81. The Hall–Kier alpha value is -3.23. The summed E-state index contributed by atoms with van der Waals surface area (Å²) >= 11 is 3.91. The van der Waals surface area contributed by atoms with Gasteiger partial charge in [0.1, 0.15) is 18.5 Å². The SMILES string of the molecule is C[C@@H](CCOC(=O)CS)[C@@H](OC(=O)Nc1cccc2ccccc12)c1ccccc1OCCO. The fraction of sp³-hybridized carbons (Fsp3) is 0.308. The summed E-state index contributed by atoms with van der Waals surface area (Å²) < 4.78 is 16.7. The van der Waals surface area contributed by atoms with Gasteiger partial charge in [0.25, 0.3) is 0 Å². The van der Waals surface area contributed by atoms with Crippen molar-refractivity contribution < 1.29 is 28.9 Å². The van der Waals surface area contributed by atoms with Gasteiger partial charge in [0.2, 0.25) is 0 Å². The third-order valence-corrected chi connectivity index (χ3v) is 5.58. The average Bonchev–Trinajstić information content (AvgIpc) is 2.86. The van der Waals surface area contributed by atoms with E-state index in [0.29, 0.717) is 23.4 Å². The van der Waals surface area contributed by atoms with E-state index >= 15 is 0 Å². The number of ether oxygens (including phenoxy) is 3. The third kappa shape index (κ3) is 6.88. The van der Waals surface area contributed by atoms with Gasteiger partial charge in [0.05, 0.1) is 24.7 Å². The normalized spacial score (nSPS) is 12.6. The number of benzene rings is 3. The van der Waals surface area contributed by atoms with Crippen molar-refractivity contribution in [2.24, 2.45) is 5.92 Å². The van der Waals surface area contributed by atoms with E-state index in [1.165, 1.54) is 0 Å². The molecule has 0 aliphatic carbocycles. The van der Waals surface area contributed by atoms with Crippen molar-refractivity contribution in [3.63, 3.8) is 0 Å². The molecule has 0 aromatic heterocycles. The van der Waals surface area contributed by atoms with Crippen LogP contribution in [0.2, 0.25) is 0 Å². The molecule has 2 N–H and O–H groups in total. The van der Waals surface area contributed by atoms with Gasteiger partial charge in [-0.25, -0.2) is 4.79 Å². The molecule has 7 nitrogen and oxygen atoms in total. The first-order valence-electron chi connectivity index (χ1n) is 11.1. The maximum absolute atomic E-state index is 13.0. The molecule has 3 aromatic carbocycles. The Kier molecular flexibility index (Phi) is 9.61. The zero-order valence-electron chi connectivity index (χ0n) is 19.0. The van der Waals surface area contributed by atoms with Crippen LogP contribution in [-0.2, 0) is 14.3 Å². The van der Waals surface area contributed by atoms with E-state index in [9.17, 15) is 14.7 Å². The number of thiol groups is 1. The molecule has 0 saturated heterocycles. The third-order valence-electron chi connectivity index (χ3n) is 5.32. The van der Waals surface area contributed by atoms with Gasteiger partial charge in [-0.3, -0.25) is 10.1 Å². The summed E-state index contributed by atoms with van der Waals surface area (Å²) in [6.07, 6.45) is -0.836. The first-order chi connectivity index (χ1) is 16.5. The number of aliphatic hydroxyl groups is 1. The van der Waals surface area contributed by atoms with Crippen molar-refractivity contribution in [3.05, 3.63) is 72.3 Å². The Morgan fingerprint density at radius 1 is 1.00 bits per heavy atom. The lowest BCUT2D eigenvalue weighted by atomic mass is 9.94. The van der Waals surface area contributed by atoms with Gasteiger partial charge in [-0.1, -0.05) is 61.5 Å². The van der Waals surface area contributed by atoms with Crippen molar-refractivity contribution >= 4 is 41.2 Å². The minimum absolute atomic E-state index is 0.000416. The van der Waals surface area contributed by atoms with Gasteiger partial charge < -0.3 is 19.3 Å². The molecule has 1 amide bonds. The second kappa shape index (κ2) is 12.9. The maximum atomic E-state index is 13.0. The average molecular weight is 484 g/mol. The van der Waals surface area contributed by atoms with Gasteiger partial charge in [-0.2, -0.15) is 12.6 Å². The number of amides is 1. The van der Waals surface area contributed by atoms with E-state index < -0.39 is 18.2 Å². The van der Waals surface area contributed by atoms with E-state index in [0.717, 1.165) is 10.8 Å².